The van der Waals surface area contributed by atoms with Gasteiger partial charge in [0.05, 0.1) is 17.7 Å². The molecule has 1 atom stereocenters. The van der Waals surface area contributed by atoms with Crippen molar-refractivity contribution in [2.75, 3.05) is 17.7 Å². The second kappa shape index (κ2) is 5.73. The molecular formula is C15H18N4OS. The van der Waals surface area contributed by atoms with Crippen LogP contribution in [0.1, 0.15) is 30.5 Å². The first-order valence-electron chi connectivity index (χ1n) is 6.99. The second-order valence-electron chi connectivity index (χ2n) is 4.81. The van der Waals surface area contributed by atoms with Gasteiger partial charge in [0.2, 0.25) is 5.95 Å². The van der Waals surface area contributed by atoms with Crippen LogP contribution in [0.25, 0.3) is 10.2 Å². The fourth-order valence-electron chi connectivity index (χ4n) is 2.18. The van der Waals surface area contributed by atoms with Crippen molar-refractivity contribution in [1.29, 1.82) is 0 Å². The predicted octanol–water partition coefficient (Wildman–Crippen LogP) is 4.06. The van der Waals surface area contributed by atoms with Gasteiger partial charge in [-0.3, -0.25) is 0 Å². The number of aromatic nitrogens is 2. The average molecular weight is 302 g/mol. The lowest BCUT2D eigenvalue weighted by Crippen LogP contribution is -2.09. The normalized spacial score (nSPS) is 12.5. The van der Waals surface area contributed by atoms with Gasteiger partial charge in [-0.25, -0.2) is 4.98 Å². The number of rotatable bonds is 5. The van der Waals surface area contributed by atoms with E-state index >= 15 is 0 Å². The van der Waals surface area contributed by atoms with Crippen molar-refractivity contribution in [3.05, 3.63) is 35.1 Å². The molecule has 6 heteroatoms. The van der Waals surface area contributed by atoms with E-state index in [1.54, 1.807) is 17.6 Å². The van der Waals surface area contributed by atoms with E-state index in [0.717, 1.165) is 28.2 Å². The Morgan fingerprint density at radius 2 is 2.24 bits per heavy atom. The lowest BCUT2D eigenvalue weighted by Gasteiger charge is -2.13. The molecule has 21 heavy (non-hydrogen) atoms. The molecule has 0 saturated heterocycles. The van der Waals surface area contributed by atoms with E-state index < -0.39 is 0 Å². The van der Waals surface area contributed by atoms with E-state index in [1.807, 2.05) is 19.2 Å². The molecule has 2 N–H and O–H groups in total. The third-order valence-corrected chi connectivity index (χ3v) is 4.51. The highest BCUT2D eigenvalue weighted by molar-refractivity contribution is 7.18. The monoisotopic (exact) mass is 302 g/mol. The maximum Gasteiger partial charge on any atom is 0.225 e. The van der Waals surface area contributed by atoms with E-state index in [9.17, 15) is 0 Å². The van der Waals surface area contributed by atoms with Gasteiger partial charge in [0.1, 0.15) is 16.4 Å². The summed E-state index contributed by atoms with van der Waals surface area (Å²) < 4.78 is 5.44. The van der Waals surface area contributed by atoms with Gasteiger partial charge in [0.25, 0.3) is 0 Å². The first-order valence-corrected chi connectivity index (χ1v) is 7.81. The van der Waals surface area contributed by atoms with Crippen LogP contribution in [0.4, 0.5) is 11.8 Å². The largest absolute Gasteiger partial charge is 0.467 e. The van der Waals surface area contributed by atoms with Crippen LogP contribution in [0.15, 0.2) is 28.9 Å². The number of nitrogens with zero attached hydrogens (tertiary/aromatic N) is 2. The zero-order valence-electron chi connectivity index (χ0n) is 12.3. The summed E-state index contributed by atoms with van der Waals surface area (Å²) in [6, 6.07) is 6.06. The fraction of sp³-hybridized carbons (Fsp3) is 0.333. The molecule has 3 aromatic heterocycles. The lowest BCUT2D eigenvalue weighted by molar-refractivity contribution is 0.490. The average Bonchev–Trinajstić information content (AvgIpc) is 3.15. The maximum absolute atomic E-state index is 5.44. The van der Waals surface area contributed by atoms with Crippen LogP contribution in [0.5, 0.6) is 0 Å². The van der Waals surface area contributed by atoms with Crippen LogP contribution in [0.3, 0.4) is 0 Å². The quantitative estimate of drug-likeness (QED) is 0.744. The van der Waals surface area contributed by atoms with Crippen molar-refractivity contribution in [3.63, 3.8) is 0 Å². The van der Waals surface area contributed by atoms with E-state index in [-0.39, 0.29) is 6.04 Å². The van der Waals surface area contributed by atoms with Crippen LogP contribution < -0.4 is 10.6 Å². The Kier molecular flexibility index (Phi) is 3.79. The number of hydrogen-bond acceptors (Lipinski definition) is 6. The Bertz CT molecular complexity index is 736. The summed E-state index contributed by atoms with van der Waals surface area (Å²) >= 11 is 1.71. The van der Waals surface area contributed by atoms with Crippen molar-refractivity contribution in [2.24, 2.45) is 0 Å². The van der Waals surface area contributed by atoms with Gasteiger partial charge >= 0.3 is 0 Å². The lowest BCUT2D eigenvalue weighted by atomic mass is 10.2. The van der Waals surface area contributed by atoms with Crippen molar-refractivity contribution < 1.29 is 4.42 Å². The summed E-state index contributed by atoms with van der Waals surface area (Å²) in [5, 5.41) is 7.50. The molecule has 0 saturated carbocycles. The third-order valence-electron chi connectivity index (χ3n) is 3.34. The predicted molar refractivity (Wildman–Crippen MR) is 87.1 cm³/mol. The fourth-order valence-corrected chi connectivity index (χ4v) is 3.15. The molecule has 0 amide bonds. The van der Waals surface area contributed by atoms with Crippen molar-refractivity contribution in [3.8, 4) is 0 Å². The van der Waals surface area contributed by atoms with Crippen LogP contribution >= 0.6 is 11.3 Å². The summed E-state index contributed by atoms with van der Waals surface area (Å²) in [5.41, 5.74) is 0. The number of aryl methyl sites for hydroxylation is 1. The first-order chi connectivity index (χ1) is 10.2. The van der Waals surface area contributed by atoms with E-state index in [2.05, 4.69) is 40.5 Å². The van der Waals surface area contributed by atoms with Crippen molar-refractivity contribution in [2.45, 2.75) is 26.3 Å². The molecule has 0 radical (unpaired) electrons. The highest BCUT2D eigenvalue weighted by atomic mass is 32.1. The van der Waals surface area contributed by atoms with Gasteiger partial charge < -0.3 is 15.1 Å². The first kappa shape index (κ1) is 13.9. The maximum atomic E-state index is 5.44. The minimum Gasteiger partial charge on any atom is -0.467 e. The van der Waals surface area contributed by atoms with Gasteiger partial charge in [0.15, 0.2) is 0 Å². The number of thiophene rings is 1. The highest BCUT2D eigenvalue weighted by Gasteiger charge is 2.15. The minimum atomic E-state index is 0.0489. The Balaban J connectivity index is 2.01. The zero-order chi connectivity index (χ0) is 14.8. The standard InChI is InChI=1S/C15H18N4OS/c1-4-10-8-11-13(17-9(2)12-6-5-7-20-12)18-15(16-3)19-14(11)21-10/h5-9H,4H2,1-3H3,(H2,16,17,18,19). The molecule has 0 aliphatic carbocycles. The zero-order valence-corrected chi connectivity index (χ0v) is 13.1. The number of anilines is 2. The van der Waals surface area contributed by atoms with E-state index in [4.69, 9.17) is 4.42 Å². The smallest absolute Gasteiger partial charge is 0.225 e. The molecule has 0 fully saturated rings. The summed E-state index contributed by atoms with van der Waals surface area (Å²) in [5.74, 6) is 2.35. The molecule has 0 aliphatic rings. The van der Waals surface area contributed by atoms with Crippen LogP contribution in [0.2, 0.25) is 0 Å². The van der Waals surface area contributed by atoms with Crippen LogP contribution in [-0.4, -0.2) is 17.0 Å². The Morgan fingerprint density at radius 1 is 1.38 bits per heavy atom. The molecule has 5 nitrogen and oxygen atoms in total. The van der Waals surface area contributed by atoms with Gasteiger partial charge in [-0.05, 0) is 31.5 Å². The summed E-state index contributed by atoms with van der Waals surface area (Å²) in [4.78, 5) is 11.4. The summed E-state index contributed by atoms with van der Waals surface area (Å²) in [7, 11) is 1.83. The van der Waals surface area contributed by atoms with Crippen LogP contribution in [-0.2, 0) is 6.42 Å². The van der Waals surface area contributed by atoms with Crippen molar-refractivity contribution in [1.82, 2.24) is 9.97 Å². The number of nitrogens with one attached hydrogen (secondary N) is 2. The molecule has 3 aromatic rings. The molecule has 1 unspecified atom stereocenters. The summed E-state index contributed by atoms with van der Waals surface area (Å²) in [6.45, 7) is 4.20. The van der Waals surface area contributed by atoms with Gasteiger partial charge in [-0.15, -0.1) is 11.3 Å². The van der Waals surface area contributed by atoms with Gasteiger partial charge in [0, 0.05) is 11.9 Å². The van der Waals surface area contributed by atoms with E-state index in [0.29, 0.717) is 5.95 Å². The molecule has 110 valence electrons. The molecule has 3 heterocycles. The summed E-state index contributed by atoms with van der Waals surface area (Å²) in [6.07, 6.45) is 2.69. The van der Waals surface area contributed by atoms with E-state index in [1.165, 1.54) is 4.88 Å². The topological polar surface area (TPSA) is 63.0 Å². The SMILES string of the molecule is CCc1cc2c(NC(C)c3ccco3)nc(NC)nc2s1. The number of hydrogen-bond donors (Lipinski definition) is 2. The Morgan fingerprint density at radius 3 is 2.90 bits per heavy atom. The van der Waals surface area contributed by atoms with Crippen LogP contribution in [0, 0.1) is 0 Å². The molecule has 0 aromatic carbocycles. The Labute approximate surface area is 127 Å². The molecule has 0 spiro atoms. The van der Waals surface area contributed by atoms with Crippen molar-refractivity contribution >= 4 is 33.3 Å². The number of fused-ring (bicyclic) bond motifs is 1. The second-order valence-corrected chi connectivity index (χ2v) is 5.93. The van der Waals surface area contributed by atoms with Gasteiger partial charge in [-0.1, -0.05) is 6.92 Å². The molecule has 0 aliphatic heterocycles. The minimum absolute atomic E-state index is 0.0489. The highest BCUT2D eigenvalue weighted by Crippen LogP contribution is 2.32. The molecule has 3 rings (SSSR count). The molecule has 0 bridgehead atoms. The van der Waals surface area contributed by atoms with Gasteiger partial charge in [-0.2, -0.15) is 4.98 Å². The Hall–Kier alpha value is -2.08. The molecular weight excluding hydrogens is 284 g/mol. The number of furan rings is 1. The third kappa shape index (κ3) is 2.71.